The summed E-state index contributed by atoms with van der Waals surface area (Å²) >= 11 is 12.2. The molecule has 0 saturated heterocycles. The molecular weight excluding hydrogens is 509 g/mol. The molecule has 2 amide bonds. The third-order valence-electron chi connectivity index (χ3n) is 5.13. The molecule has 35 heavy (non-hydrogen) atoms. The first-order chi connectivity index (χ1) is 16.1. The lowest BCUT2D eigenvalue weighted by molar-refractivity contribution is -0.141. The maximum absolute atomic E-state index is 13.7. The number of nitrogens with one attached hydrogen (secondary N) is 1. The van der Waals surface area contributed by atoms with Crippen molar-refractivity contribution in [2.24, 2.45) is 0 Å². The second-order valence-electron chi connectivity index (χ2n) is 9.57. The van der Waals surface area contributed by atoms with Crippen LogP contribution in [0.25, 0.3) is 0 Å². The fourth-order valence-corrected chi connectivity index (χ4v) is 5.02. The summed E-state index contributed by atoms with van der Waals surface area (Å²) in [5, 5.41) is 3.41. The normalized spacial score (nSPS) is 12.7. The second-order valence-corrected chi connectivity index (χ2v) is 12.4. The van der Waals surface area contributed by atoms with Gasteiger partial charge in [-0.15, -0.1) is 0 Å². The van der Waals surface area contributed by atoms with Crippen molar-refractivity contribution in [3.05, 3.63) is 63.6 Å². The van der Waals surface area contributed by atoms with Crippen molar-refractivity contribution in [2.45, 2.75) is 59.2 Å². The molecule has 2 rings (SSSR count). The number of halogens is 2. The molecule has 0 radical (unpaired) electrons. The van der Waals surface area contributed by atoms with Crippen molar-refractivity contribution in [1.82, 2.24) is 10.2 Å². The molecule has 0 bridgehead atoms. The van der Waals surface area contributed by atoms with Gasteiger partial charge in [0.2, 0.25) is 21.8 Å². The molecule has 0 heterocycles. The Morgan fingerprint density at radius 2 is 1.66 bits per heavy atom. The number of rotatable bonds is 9. The van der Waals surface area contributed by atoms with Crippen LogP contribution < -0.4 is 9.62 Å². The molecule has 7 nitrogen and oxygen atoms in total. The summed E-state index contributed by atoms with van der Waals surface area (Å²) < 4.78 is 26.3. The van der Waals surface area contributed by atoms with Gasteiger partial charge in [-0.3, -0.25) is 13.9 Å². The van der Waals surface area contributed by atoms with Crippen molar-refractivity contribution >= 4 is 50.7 Å². The van der Waals surface area contributed by atoms with Crippen molar-refractivity contribution < 1.29 is 18.0 Å². The van der Waals surface area contributed by atoms with E-state index in [-0.39, 0.29) is 28.2 Å². The minimum Gasteiger partial charge on any atom is -0.350 e. The summed E-state index contributed by atoms with van der Waals surface area (Å²) in [6, 6.07) is 11.1. The van der Waals surface area contributed by atoms with Crippen LogP contribution in [0.5, 0.6) is 0 Å². The van der Waals surface area contributed by atoms with Crippen LogP contribution in [-0.2, 0) is 26.2 Å². The summed E-state index contributed by atoms with van der Waals surface area (Å²) in [5.41, 5.74) is 1.50. The maximum Gasteiger partial charge on any atom is 0.244 e. The Labute approximate surface area is 218 Å². The lowest BCUT2D eigenvalue weighted by Gasteiger charge is -2.34. The highest BCUT2D eigenvalue weighted by Gasteiger charge is 2.33. The maximum atomic E-state index is 13.7. The lowest BCUT2D eigenvalue weighted by Crippen LogP contribution is -2.55. The van der Waals surface area contributed by atoms with Gasteiger partial charge in [-0.05, 0) is 57.9 Å². The molecular formula is C25H33Cl2N3O4S. The predicted molar refractivity (Wildman–Crippen MR) is 142 cm³/mol. The van der Waals surface area contributed by atoms with E-state index in [4.69, 9.17) is 23.2 Å². The summed E-state index contributed by atoms with van der Waals surface area (Å²) in [6.07, 6.45) is 1.35. The van der Waals surface area contributed by atoms with E-state index in [1.807, 2.05) is 58.9 Å². The molecule has 10 heteroatoms. The van der Waals surface area contributed by atoms with E-state index in [9.17, 15) is 18.0 Å². The van der Waals surface area contributed by atoms with Gasteiger partial charge in [-0.1, -0.05) is 60.0 Å². The summed E-state index contributed by atoms with van der Waals surface area (Å²) in [5.74, 6) is -0.832. The van der Waals surface area contributed by atoms with Gasteiger partial charge in [-0.25, -0.2) is 8.42 Å². The Hall–Kier alpha value is -2.29. The third-order valence-corrected chi connectivity index (χ3v) is 6.71. The van der Waals surface area contributed by atoms with Crippen molar-refractivity contribution in [2.75, 3.05) is 17.1 Å². The molecule has 0 aliphatic carbocycles. The van der Waals surface area contributed by atoms with Gasteiger partial charge in [0.25, 0.3) is 0 Å². The van der Waals surface area contributed by atoms with E-state index in [1.54, 1.807) is 0 Å². The zero-order valence-electron chi connectivity index (χ0n) is 20.9. The Bertz CT molecular complexity index is 1160. The highest BCUT2D eigenvalue weighted by atomic mass is 35.5. The molecule has 0 aliphatic rings. The van der Waals surface area contributed by atoms with Gasteiger partial charge in [0.1, 0.15) is 12.6 Å². The van der Waals surface area contributed by atoms with Gasteiger partial charge < -0.3 is 10.2 Å². The minimum atomic E-state index is -3.87. The Balaban J connectivity index is 2.49. The van der Waals surface area contributed by atoms with Crippen LogP contribution in [0.3, 0.4) is 0 Å². The highest BCUT2D eigenvalue weighted by molar-refractivity contribution is 7.92. The van der Waals surface area contributed by atoms with E-state index < -0.39 is 34.1 Å². The molecule has 2 aromatic rings. The summed E-state index contributed by atoms with van der Waals surface area (Å²) in [4.78, 5) is 28.3. The average molecular weight is 543 g/mol. The van der Waals surface area contributed by atoms with Crippen LogP contribution in [0, 0.1) is 6.92 Å². The average Bonchev–Trinajstić information content (AvgIpc) is 2.68. The Kier molecular flexibility index (Phi) is 9.62. The van der Waals surface area contributed by atoms with E-state index in [0.717, 1.165) is 21.7 Å². The molecule has 0 fully saturated rings. The molecule has 1 N–H and O–H groups in total. The zero-order chi connectivity index (χ0) is 26.6. The van der Waals surface area contributed by atoms with Gasteiger partial charge in [0.05, 0.1) is 11.9 Å². The SMILES string of the molecule is CCC(C(=O)NC(C)(C)C)N(Cc1cccc(C)c1)C(=O)CN(c1cc(Cl)cc(Cl)c1)S(C)(=O)=O. The number of amides is 2. The van der Waals surface area contributed by atoms with Crippen LogP contribution in [0.4, 0.5) is 5.69 Å². The Morgan fingerprint density at radius 3 is 2.14 bits per heavy atom. The number of aryl methyl sites for hydroxylation is 1. The second kappa shape index (κ2) is 11.6. The van der Waals surface area contributed by atoms with E-state index in [0.29, 0.717) is 6.42 Å². The summed E-state index contributed by atoms with van der Waals surface area (Å²) in [7, 11) is -3.87. The fraction of sp³-hybridized carbons (Fsp3) is 0.440. The minimum absolute atomic E-state index is 0.143. The fourth-order valence-electron chi connectivity index (χ4n) is 3.68. The number of hydrogen-bond donors (Lipinski definition) is 1. The molecule has 1 unspecified atom stereocenters. The van der Waals surface area contributed by atoms with Gasteiger partial charge in [0.15, 0.2) is 0 Å². The molecule has 0 spiro atoms. The first-order valence-corrected chi connectivity index (χ1v) is 13.8. The molecule has 1 atom stereocenters. The number of carbonyl (C=O) groups excluding carboxylic acids is 2. The molecule has 0 aromatic heterocycles. The number of carbonyl (C=O) groups is 2. The van der Waals surface area contributed by atoms with Crippen LogP contribution in [-0.4, -0.2) is 49.5 Å². The van der Waals surface area contributed by atoms with Crippen LogP contribution in [0.15, 0.2) is 42.5 Å². The topological polar surface area (TPSA) is 86.8 Å². The Morgan fingerprint density at radius 1 is 1.06 bits per heavy atom. The zero-order valence-corrected chi connectivity index (χ0v) is 23.3. The number of benzene rings is 2. The molecule has 192 valence electrons. The van der Waals surface area contributed by atoms with Gasteiger partial charge >= 0.3 is 0 Å². The smallest absolute Gasteiger partial charge is 0.244 e. The predicted octanol–water partition coefficient (Wildman–Crippen LogP) is 4.79. The first kappa shape index (κ1) is 28.9. The number of sulfonamides is 1. The van der Waals surface area contributed by atoms with Crippen molar-refractivity contribution in [1.29, 1.82) is 0 Å². The number of hydrogen-bond acceptors (Lipinski definition) is 4. The van der Waals surface area contributed by atoms with E-state index >= 15 is 0 Å². The number of nitrogens with zero attached hydrogens (tertiary/aromatic N) is 2. The van der Waals surface area contributed by atoms with E-state index in [2.05, 4.69) is 5.32 Å². The molecule has 0 aliphatic heterocycles. The van der Waals surface area contributed by atoms with Crippen molar-refractivity contribution in [3.63, 3.8) is 0 Å². The van der Waals surface area contributed by atoms with E-state index in [1.165, 1.54) is 23.1 Å². The first-order valence-electron chi connectivity index (χ1n) is 11.2. The van der Waals surface area contributed by atoms with Gasteiger partial charge in [-0.2, -0.15) is 0 Å². The monoisotopic (exact) mass is 541 g/mol. The highest BCUT2D eigenvalue weighted by Crippen LogP contribution is 2.27. The quantitative estimate of drug-likeness (QED) is 0.494. The summed E-state index contributed by atoms with van der Waals surface area (Å²) in [6.45, 7) is 8.96. The third kappa shape index (κ3) is 8.70. The lowest BCUT2D eigenvalue weighted by atomic mass is 10.0. The van der Waals surface area contributed by atoms with Crippen molar-refractivity contribution in [3.8, 4) is 0 Å². The van der Waals surface area contributed by atoms with Gasteiger partial charge in [0, 0.05) is 22.1 Å². The standard InChI is InChI=1S/C25H33Cl2N3O4S/c1-7-22(24(32)28-25(3,4)5)29(15-18-10-8-9-17(2)11-18)23(31)16-30(35(6,33)34)21-13-19(26)12-20(27)14-21/h8-14,22H,7,15-16H2,1-6H3,(H,28,32). The van der Waals surface area contributed by atoms with Crippen LogP contribution in [0.2, 0.25) is 10.0 Å². The van der Waals surface area contributed by atoms with Crippen LogP contribution in [0.1, 0.15) is 45.2 Å². The molecule has 0 saturated carbocycles. The largest absolute Gasteiger partial charge is 0.350 e. The van der Waals surface area contributed by atoms with Crippen LogP contribution >= 0.6 is 23.2 Å². The molecule has 2 aromatic carbocycles. The number of anilines is 1.